The van der Waals surface area contributed by atoms with Crippen molar-refractivity contribution in [3.63, 3.8) is 0 Å². The van der Waals surface area contributed by atoms with Crippen LogP contribution in [0.2, 0.25) is 0 Å². The molecule has 12 nitrogen and oxygen atoms in total. The Kier molecular flexibility index (Phi) is 10.4. The Bertz CT molecular complexity index is 1880. The Morgan fingerprint density at radius 1 is 1.04 bits per heavy atom. The summed E-state index contributed by atoms with van der Waals surface area (Å²) in [5.41, 5.74) is 1.76. The van der Waals surface area contributed by atoms with Crippen molar-refractivity contribution in [1.82, 2.24) is 15.0 Å². The van der Waals surface area contributed by atoms with E-state index >= 15 is 0 Å². The molecule has 0 radical (unpaired) electrons. The lowest BCUT2D eigenvalue weighted by Gasteiger charge is -2.31. The number of para-hydroxylation sites is 2. The van der Waals surface area contributed by atoms with Gasteiger partial charge in [-0.3, -0.25) is 24.0 Å². The average Bonchev–Trinajstić information content (AvgIpc) is 3.69. The highest BCUT2D eigenvalue weighted by molar-refractivity contribution is 6.09. The van der Waals surface area contributed by atoms with Crippen molar-refractivity contribution in [2.45, 2.75) is 50.7 Å². The number of allylic oxidation sites excluding steroid dienone is 1. The molecule has 3 heterocycles. The van der Waals surface area contributed by atoms with Gasteiger partial charge >= 0.3 is 5.97 Å². The molecule has 6 rings (SSSR count). The summed E-state index contributed by atoms with van der Waals surface area (Å²) in [4.78, 5) is 42.1. The number of hydrogen-bond acceptors (Lipinski definition) is 9. The highest BCUT2D eigenvalue weighted by atomic mass is 16.5. The third kappa shape index (κ3) is 6.76. The fourth-order valence-corrected chi connectivity index (χ4v) is 6.61. The number of aliphatic hydroxyl groups is 2. The molecule has 0 spiro atoms. The maximum Gasteiger partial charge on any atom is 0.305 e. The van der Waals surface area contributed by atoms with Gasteiger partial charge in [0.2, 0.25) is 0 Å². The van der Waals surface area contributed by atoms with Crippen molar-refractivity contribution in [3.05, 3.63) is 108 Å². The zero-order valence-electron chi connectivity index (χ0n) is 28.1. The van der Waals surface area contributed by atoms with Crippen LogP contribution >= 0.6 is 0 Å². The Hall–Kier alpha value is -5.33. The molecule has 2 N–H and O–H groups in total. The summed E-state index contributed by atoms with van der Waals surface area (Å²) in [5, 5.41) is 30.9. The van der Waals surface area contributed by atoms with E-state index in [0.29, 0.717) is 66.4 Å². The van der Waals surface area contributed by atoms with Crippen LogP contribution in [0.1, 0.15) is 55.3 Å². The number of ether oxygens (including phenoxy) is 2. The van der Waals surface area contributed by atoms with Gasteiger partial charge in [-0.1, -0.05) is 66.8 Å². The molecule has 1 aromatic heterocycles. The topological polar surface area (TPSA) is 147 Å². The number of carbonyl (C=O) groups excluding carboxylic acids is 3. The van der Waals surface area contributed by atoms with Gasteiger partial charge in [-0.05, 0) is 55.2 Å². The molecule has 12 heteroatoms. The number of esters is 1. The largest absolute Gasteiger partial charge is 0.482 e. The number of unbranched alkanes of at least 4 members (excludes halogenated alkanes) is 1. The summed E-state index contributed by atoms with van der Waals surface area (Å²) in [6, 6.07) is 22.1. The summed E-state index contributed by atoms with van der Waals surface area (Å²) >= 11 is 0. The summed E-state index contributed by atoms with van der Waals surface area (Å²) in [7, 11) is 1.34. The highest BCUT2D eigenvalue weighted by Gasteiger charge is 2.52. The molecule has 0 saturated heterocycles. The first kappa shape index (κ1) is 34.5. The molecular formula is C38H41N5O7. The van der Waals surface area contributed by atoms with Gasteiger partial charge in [0.1, 0.15) is 5.75 Å². The Morgan fingerprint density at radius 3 is 2.60 bits per heavy atom. The number of aryl methyl sites for hydroxylation is 1. The van der Waals surface area contributed by atoms with Crippen LogP contribution in [0.15, 0.2) is 91.1 Å². The molecule has 2 amide bonds. The number of aliphatic hydroxyl groups excluding tert-OH is 1. The van der Waals surface area contributed by atoms with Crippen molar-refractivity contribution in [2.75, 3.05) is 36.7 Å². The van der Waals surface area contributed by atoms with Crippen molar-refractivity contribution < 1.29 is 34.1 Å². The second-order valence-electron chi connectivity index (χ2n) is 12.5. The van der Waals surface area contributed by atoms with Gasteiger partial charge in [0.15, 0.2) is 12.2 Å². The SMILES string of the molecule is COC(=O)CCCCN1C(=O)[C@@](O)([C@@H](C)/C=C/CCn2cc(C(CO)c3ccccc3)nn2)c2cc(N3C(=O)COc4ccccc43)ccc21. The zero-order valence-corrected chi connectivity index (χ0v) is 28.1. The van der Waals surface area contributed by atoms with Crippen LogP contribution in [-0.4, -0.2) is 69.9 Å². The van der Waals surface area contributed by atoms with Gasteiger partial charge in [0.05, 0.1) is 36.7 Å². The van der Waals surface area contributed by atoms with E-state index in [1.807, 2.05) is 60.8 Å². The minimum absolute atomic E-state index is 0.0928. The Labute approximate surface area is 290 Å². The van der Waals surface area contributed by atoms with Crippen LogP contribution in [-0.2, 0) is 31.3 Å². The van der Waals surface area contributed by atoms with E-state index in [1.54, 1.807) is 51.7 Å². The molecule has 50 heavy (non-hydrogen) atoms. The number of fused-ring (bicyclic) bond motifs is 2. The van der Waals surface area contributed by atoms with E-state index in [2.05, 4.69) is 10.3 Å². The first-order valence-electron chi connectivity index (χ1n) is 16.8. The molecule has 3 aromatic carbocycles. The van der Waals surface area contributed by atoms with Gasteiger partial charge in [-0.2, -0.15) is 0 Å². The summed E-state index contributed by atoms with van der Waals surface area (Å²) in [5.74, 6) is -1.41. The van der Waals surface area contributed by atoms with Crippen LogP contribution in [0.5, 0.6) is 5.75 Å². The van der Waals surface area contributed by atoms with Crippen molar-refractivity contribution >= 4 is 34.8 Å². The first-order chi connectivity index (χ1) is 24.3. The van der Waals surface area contributed by atoms with E-state index in [0.717, 1.165) is 5.56 Å². The first-order valence-corrected chi connectivity index (χ1v) is 16.8. The molecule has 2 aliphatic heterocycles. The van der Waals surface area contributed by atoms with E-state index in [4.69, 9.17) is 9.47 Å². The molecule has 0 bridgehead atoms. The van der Waals surface area contributed by atoms with Crippen molar-refractivity contribution in [3.8, 4) is 5.75 Å². The number of carbonyl (C=O) groups is 3. The smallest absolute Gasteiger partial charge is 0.305 e. The molecular weight excluding hydrogens is 638 g/mol. The maximum absolute atomic E-state index is 14.1. The number of anilines is 3. The van der Waals surface area contributed by atoms with Gasteiger partial charge in [-0.15, -0.1) is 5.10 Å². The van der Waals surface area contributed by atoms with Crippen molar-refractivity contribution in [2.24, 2.45) is 5.92 Å². The number of methoxy groups -OCH3 is 1. The number of rotatable bonds is 14. The van der Waals surface area contributed by atoms with Crippen LogP contribution < -0.4 is 14.5 Å². The lowest BCUT2D eigenvalue weighted by Crippen LogP contribution is -2.44. The molecule has 260 valence electrons. The second kappa shape index (κ2) is 15.1. The number of hydrogen-bond donors (Lipinski definition) is 2. The lowest BCUT2D eigenvalue weighted by molar-refractivity contribution is -0.140. The molecule has 1 unspecified atom stereocenters. The van der Waals surface area contributed by atoms with Gasteiger partial charge < -0.3 is 24.6 Å². The molecule has 0 aliphatic carbocycles. The molecule has 3 atom stereocenters. The monoisotopic (exact) mass is 679 g/mol. The third-order valence-corrected chi connectivity index (χ3v) is 9.36. The van der Waals surface area contributed by atoms with E-state index < -0.39 is 17.4 Å². The maximum atomic E-state index is 14.1. The van der Waals surface area contributed by atoms with Crippen LogP contribution in [0.3, 0.4) is 0 Å². The summed E-state index contributed by atoms with van der Waals surface area (Å²) in [6.07, 6.45) is 7.37. The zero-order chi connectivity index (χ0) is 35.3. The highest BCUT2D eigenvalue weighted by Crippen LogP contribution is 2.48. The third-order valence-electron chi connectivity index (χ3n) is 9.36. The fraction of sp³-hybridized carbons (Fsp3) is 0.342. The van der Waals surface area contributed by atoms with Crippen molar-refractivity contribution in [1.29, 1.82) is 0 Å². The van der Waals surface area contributed by atoms with Gasteiger partial charge in [0, 0.05) is 42.9 Å². The molecule has 2 aliphatic rings. The number of aromatic nitrogens is 3. The summed E-state index contributed by atoms with van der Waals surface area (Å²) in [6.45, 7) is 2.36. The standard InChI is InChI=1S/C38H41N5O7/c1-26(12-8-10-20-41-23-31(39-40-41)29(24-44)27-13-4-3-5-14-27)38(48)30-22-28(43-33-15-6-7-16-34(33)50-25-35(43)45)18-19-32(30)42(37(38)47)21-11-9-17-36(46)49-2/h3-8,12-16,18-19,22-23,26,29,44,48H,9-11,17,20-21,24-25H2,1-2H3/b12-8+/t26-,29?,38+/m0/s1. The van der Waals surface area contributed by atoms with Gasteiger partial charge in [-0.25, -0.2) is 0 Å². The van der Waals surface area contributed by atoms with E-state index in [9.17, 15) is 24.6 Å². The number of nitrogens with zero attached hydrogens (tertiary/aromatic N) is 5. The average molecular weight is 680 g/mol. The van der Waals surface area contributed by atoms with E-state index in [1.165, 1.54) is 7.11 Å². The minimum atomic E-state index is -1.91. The van der Waals surface area contributed by atoms with Crippen LogP contribution in [0.25, 0.3) is 0 Å². The Morgan fingerprint density at radius 2 is 1.82 bits per heavy atom. The van der Waals surface area contributed by atoms with Crippen LogP contribution in [0, 0.1) is 5.92 Å². The molecule has 0 saturated carbocycles. The molecule has 4 aromatic rings. The second-order valence-corrected chi connectivity index (χ2v) is 12.5. The number of amides is 2. The predicted molar refractivity (Wildman–Crippen MR) is 186 cm³/mol. The normalized spacial score (nSPS) is 18.2. The molecule has 0 fully saturated rings. The summed E-state index contributed by atoms with van der Waals surface area (Å²) < 4.78 is 12.1. The number of benzene rings is 3. The quantitative estimate of drug-likeness (QED) is 0.111. The van der Waals surface area contributed by atoms with Gasteiger partial charge in [0.25, 0.3) is 11.8 Å². The Balaban J connectivity index is 1.22. The van der Waals surface area contributed by atoms with Crippen LogP contribution in [0.4, 0.5) is 17.1 Å². The predicted octanol–water partition coefficient (Wildman–Crippen LogP) is 4.62. The van der Waals surface area contributed by atoms with E-state index in [-0.39, 0.29) is 37.4 Å². The fourth-order valence-electron chi connectivity index (χ4n) is 6.61. The lowest BCUT2D eigenvalue weighted by atomic mass is 9.82. The minimum Gasteiger partial charge on any atom is -0.482 e.